The van der Waals surface area contributed by atoms with Gasteiger partial charge in [-0.2, -0.15) is 0 Å². The first-order chi connectivity index (χ1) is 10.8. The van der Waals surface area contributed by atoms with Gasteiger partial charge in [-0.1, -0.05) is 0 Å². The van der Waals surface area contributed by atoms with E-state index in [9.17, 15) is 0 Å². The molecule has 0 amide bonds. The van der Waals surface area contributed by atoms with E-state index in [1.165, 1.54) is 16.6 Å². The molecule has 0 radical (unpaired) electrons. The summed E-state index contributed by atoms with van der Waals surface area (Å²) >= 11 is 0. The summed E-state index contributed by atoms with van der Waals surface area (Å²) in [4.78, 5) is 4.77. The third kappa shape index (κ3) is 2.06. The number of anilines is 1. The van der Waals surface area contributed by atoms with E-state index in [0.29, 0.717) is 0 Å². The standard InChI is InChI=1S/C18H19N3O/c1-3-21(4-2)13-5-6-14-17(10-13)22-18-11-15-12(7-8-19-15)9-16(18)20-14/h5-6,9-11H,3-4,7-8H2,1-2H3/p+1. The molecule has 22 heavy (non-hydrogen) atoms. The van der Waals surface area contributed by atoms with E-state index in [1.807, 2.05) is 0 Å². The molecule has 2 aliphatic heterocycles. The summed E-state index contributed by atoms with van der Waals surface area (Å²) < 4.78 is 8.43. The van der Waals surface area contributed by atoms with Gasteiger partial charge in [0, 0.05) is 24.4 Å². The smallest absolute Gasteiger partial charge is 0.203 e. The van der Waals surface area contributed by atoms with E-state index in [4.69, 9.17) is 9.40 Å². The monoisotopic (exact) mass is 294 g/mol. The summed E-state index contributed by atoms with van der Waals surface area (Å²) in [6, 6.07) is 10.5. The molecular formula is C18H20N3O+. The molecule has 0 spiro atoms. The molecule has 1 aliphatic carbocycles. The summed E-state index contributed by atoms with van der Waals surface area (Å²) in [7, 11) is 0. The fraction of sp³-hybridized carbons (Fsp3) is 0.333. The van der Waals surface area contributed by atoms with Crippen molar-refractivity contribution in [3.05, 3.63) is 41.3 Å². The second kappa shape index (κ2) is 5.13. The zero-order valence-electron chi connectivity index (χ0n) is 13.0. The van der Waals surface area contributed by atoms with Gasteiger partial charge < -0.3 is 9.73 Å². The molecule has 1 aromatic rings. The number of hydrogen-bond acceptors (Lipinski definition) is 3. The molecule has 0 saturated carbocycles. The molecule has 112 valence electrons. The van der Waals surface area contributed by atoms with Gasteiger partial charge in [0.15, 0.2) is 11.3 Å². The van der Waals surface area contributed by atoms with Crippen molar-refractivity contribution in [1.82, 2.24) is 9.56 Å². The lowest BCUT2D eigenvalue weighted by atomic mass is 10.1. The minimum Gasteiger partial charge on any atom is -0.452 e. The molecule has 0 bridgehead atoms. The Morgan fingerprint density at radius 2 is 2.05 bits per heavy atom. The first kappa shape index (κ1) is 13.3. The van der Waals surface area contributed by atoms with Crippen LogP contribution in [0, 0.1) is 0 Å². The van der Waals surface area contributed by atoms with E-state index in [0.717, 1.165) is 48.6 Å². The Hall–Kier alpha value is -2.36. The third-order valence-corrected chi connectivity index (χ3v) is 4.43. The zero-order chi connectivity index (χ0) is 15.1. The predicted octanol–water partition coefficient (Wildman–Crippen LogP) is 2.71. The van der Waals surface area contributed by atoms with Crippen molar-refractivity contribution < 1.29 is 4.42 Å². The van der Waals surface area contributed by atoms with Crippen LogP contribution in [0.1, 0.15) is 19.4 Å². The lowest BCUT2D eigenvalue weighted by Gasteiger charge is -2.08. The van der Waals surface area contributed by atoms with Crippen molar-refractivity contribution in [2.45, 2.75) is 20.3 Å². The van der Waals surface area contributed by atoms with Crippen molar-refractivity contribution in [3.8, 4) is 11.5 Å². The highest BCUT2D eigenvalue weighted by atomic mass is 16.3. The topological polar surface area (TPSA) is 41.1 Å². The highest BCUT2D eigenvalue weighted by Gasteiger charge is 2.16. The first-order valence-electron chi connectivity index (χ1n) is 7.98. The molecule has 0 saturated heterocycles. The van der Waals surface area contributed by atoms with Gasteiger partial charge in [-0.05, 0) is 38.0 Å². The molecule has 0 unspecified atom stereocenters. The van der Waals surface area contributed by atoms with Crippen molar-refractivity contribution in [3.63, 3.8) is 0 Å². The Balaban J connectivity index is 1.98. The van der Waals surface area contributed by atoms with Crippen LogP contribution in [0.15, 0.2) is 34.7 Å². The number of benzene rings is 2. The second-order valence-corrected chi connectivity index (χ2v) is 5.69. The van der Waals surface area contributed by atoms with Crippen LogP contribution in [-0.4, -0.2) is 24.6 Å². The normalized spacial score (nSPS) is 13.4. The molecule has 0 aromatic heterocycles. The van der Waals surface area contributed by atoms with Crippen LogP contribution in [0.4, 0.5) is 5.69 Å². The Labute approximate surface area is 129 Å². The highest BCUT2D eigenvalue weighted by Crippen LogP contribution is 2.30. The summed E-state index contributed by atoms with van der Waals surface area (Å²) in [5, 5.41) is 4.57. The number of fused-ring (bicyclic) bond motifs is 3. The van der Waals surface area contributed by atoms with Gasteiger partial charge in [-0.3, -0.25) is 0 Å². The Kier molecular flexibility index (Phi) is 3.10. The average molecular weight is 294 g/mol. The number of nitrogens with one attached hydrogen (secondary N) is 1. The largest absolute Gasteiger partial charge is 0.452 e. The molecule has 4 heteroatoms. The lowest BCUT2D eigenvalue weighted by molar-refractivity contribution is 0.600. The van der Waals surface area contributed by atoms with Crippen LogP contribution in [0.2, 0.25) is 0 Å². The third-order valence-electron chi connectivity index (χ3n) is 4.43. The van der Waals surface area contributed by atoms with Crippen molar-refractivity contribution >= 4 is 16.8 Å². The molecule has 3 aliphatic rings. The van der Waals surface area contributed by atoms with Crippen LogP contribution >= 0.6 is 0 Å². The Bertz CT molecular complexity index is 889. The minimum atomic E-state index is 0.842. The van der Waals surface area contributed by atoms with Gasteiger partial charge >= 0.3 is 0 Å². The average Bonchev–Trinajstić information content (AvgIpc) is 2.99. The number of rotatable bonds is 2. The van der Waals surface area contributed by atoms with Gasteiger partial charge in [0.1, 0.15) is 24.3 Å². The number of nitrogens with zero attached hydrogens (tertiary/aromatic N) is 2. The Morgan fingerprint density at radius 3 is 2.86 bits per heavy atom. The van der Waals surface area contributed by atoms with Crippen LogP contribution in [0.3, 0.4) is 0 Å². The first-order valence-corrected chi connectivity index (χ1v) is 7.98. The minimum absolute atomic E-state index is 0.842. The number of aromatic nitrogens is 1. The van der Waals surface area contributed by atoms with Gasteiger partial charge in [0.05, 0.1) is 6.07 Å². The molecule has 4 rings (SSSR count). The lowest BCUT2D eigenvalue weighted by Crippen LogP contribution is -2.29. The van der Waals surface area contributed by atoms with Crippen LogP contribution in [0.5, 0.6) is 0 Å². The van der Waals surface area contributed by atoms with Crippen LogP contribution in [-0.2, 0) is 6.42 Å². The van der Waals surface area contributed by atoms with E-state index in [-0.39, 0.29) is 0 Å². The maximum Gasteiger partial charge on any atom is 0.203 e. The van der Waals surface area contributed by atoms with Crippen LogP contribution in [0.25, 0.3) is 22.6 Å². The predicted molar refractivity (Wildman–Crippen MR) is 89.2 cm³/mol. The summed E-state index contributed by atoms with van der Waals surface area (Å²) in [6.45, 7) is 7.30. The molecule has 1 aromatic carbocycles. The van der Waals surface area contributed by atoms with Crippen LogP contribution < -0.4 is 15.2 Å². The van der Waals surface area contributed by atoms with E-state index in [2.05, 4.69) is 54.1 Å². The highest BCUT2D eigenvalue weighted by molar-refractivity contribution is 5.82. The van der Waals surface area contributed by atoms with Gasteiger partial charge in [0.25, 0.3) is 0 Å². The maximum absolute atomic E-state index is 6.12. The van der Waals surface area contributed by atoms with E-state index < -0.39 is 0 Å². The fourth-order valence-electron chi connectivity index (χ4n) is 3.19. The Morgan fingerprint density at radius 1 is 1.18 bits per heavy atom. The summed E-state index contributed by atoms with van der Waals surface area (Å²) in [5.41, 5.74) is 5.20. The SMILES string of the molecule is CC[N+](CC)=c1ccc2nc3cc4c(cc3oc-2c1)NCC4. The second-order valence-electron chi connectivity index (χ2n) is 5.69. The maximum atomic E-state index is 6.12. The quantitative estimate of drug-likeness (QED) is 0.583. The van der Waals surface area contributed by atoms with Gasteiger partial charge in [0.2, 0.25) is 5.36 Å². The molecule has 2 heterocycles. The zero-order valence-corrected chi connectivity index (χ0v) is 13.0. The number of hydrogen-bond donors (Lipinski definition) is 1. The molecule has 0 atom stereocenters. The van der Waals surface area contributed by atoms with Crippen molar-refractivity contribution in [2.24, 2.45) is 0 Å². The van der Waals surface area contributed by atoms with Gasteiger partial charge in [-0.25, -0.2) is 9.56 Å². The van der Waals surface area contributed by atoms with Crippen molar-refractivity contribution in [1.29, 1.82) is 0 Å². The van der Waals surface area contributed by atoms with Crippen molar-refractivity contribution in [2.75, 3.05) is 25.0 Å². The summed E-state index contributed by atoms with van der Waals surface area (Å²) in [5.74, 6) is 0.842. The van der Waals surface area contributed by atoms with E-state index >= 15 is 0 Å². The van der Waals surface area contributed by atoms with Gasteiger partial charge in [-0.15, -0.1) is 0 Å². The molecule has 0 fully saturated rings. The molecule has 1 N–H and O–H groups in total. The molecule has 4 nitrogen and oxygen atoms in total. The summed E-state index contributed by atoms with van der Waals surface area (Å²) in [6.07, 6.45) is 1.06. The molecular weight excluding hydrogens is 274 g/mol. The fourth-order valence-corrected chi connectivity index (χ4v) is 3.19. The van der Waals surface area contributed by atoms with E-state index in [1.54, 1.807) is 0 Å².